The molecule has 0 aliphatic carbocycles. The number of methoxy groups -OCH3 is 1. The molecule has 1 heterocycles. The lowest BCUT2D eigenvalue weighted by Crippen LogP contribution is -2.15. The van der Waals surface area contributed by atoms with Crippen molar-refractivity contribution in [3.05, 3.63) is 29.5 Å². The fourth-order valence-electron chi connectivity index (χ4n) is 2.55. The Morgan fingerprint density at radius 2 is 2.00 bits per heavy atom. The zero-order chi connectivity index (χ0) is 13.3. The molecule has 0 N–H and O–H groups in total. The molecule has 2 rings (SSSR count). The van der Waals surface area contributed by atoms with E-state index in [1.165, 1.54) is 22.2 Å². The summed E-state index contributed by atoms with van der Waals surface area (Å²) in [5, 5.41) is 1.30. The third-order valence-corrected chi connectivity index (χ3v) is 3.44. The van der Waals surface area contributed by atoms with Gasteiger partial charge in [0.15, 0.2) is 0 Å². The Kier molecular flexibility index (Phi) is 3.62. The second-order valence-electron chi connectivity index (χ2n) is 4.94. The van der Waals surface area contributed by atoms with Gasteiger partial charge in [-0.25, -0.2) is 0 Å². The summed E-state index contributed by atoms with van der Waals surface area (Å²) in [6.45, 7) is 6.37. The van der Waals surface area contributed by atoms with E-state index in [9.17, 15) is 0 Å². The number of aromatic nitrogens is 1. The molecule has 0 saturated heterocycles. The van der Waals surface area contributed by atoms with Gasteiger partial charge in [0.25, 0.3) is 0 Å². The Labute approximate surface area is 109 Å². The van der Waals surface area contributed by atoms with E-state index in [-0.39, 0.29) is 0 Å². The van der Waals surface area contributed by atoms with E-state index in [2.05, 4.69) is 49.5 Å². The van der Waals surface area contributed by atoms with Crippen molar-refractivity contribution >= 4 is 10.9 Å². The molecule has 98 valence electrons. The lowest BCUT2D eigenvalue weighted by Gasteiger charge is -2.13. The molecular formula is C15H22N2O. The molecule has 18 heavy (non-hydrogen) atoms. The number of hydrogen-bond donors (Lipinski definition) is 0. The average Bonchev–Trinajstić information content (AvgIpc) is 2.61. The van der Waals surface area contributed by atoms with E-state index >= 15 is 0 Å². The first-order valence-corrected chi connectivity index (χ1v) is 6.39. The number of nitrogens with zero attached hydrogens (tertiary/aromatic N) is 2. The van der Waals surface area contributed by atoms with E-state index in [0.29, 0.717) is 0 Å². The Balaban J connectivity index is 2.66. The zero-order valence-electron chi connectivity index (χ0n) is 11.9. The van der Waals surface area contributed by atoms with Crippen molar-refractivity contribution in [3.63, 3.8) is 0 Å². The summed E-state index contributed by atoms with van der Waals surface area (Å²) >= 11 is 0. The Hall–Kier alpha value is -1.48. The van der Waals surface area contributed by atoms with Gasteiger partial charge in [0.2, 0.25) is 0 Å². The van der Waals surface area contributed by atoms with Crippen molar-refractivity contribution < 1.29 is 4.74 Å². The highest BCUT2D eigenvalue weighted by Crippen LogP contribution is 2.29. The van der Waals surface area contributed by atoms with Gasteiger partial charge in [0.1, 0.15) is 5.75 Å². The molecule has 0 aliphatic heterocycles. The fraction of sp³-hybridized carbons (Fsp3) is 0.467. The quantitative estimate of drug-likeness (QED) is 0.825. The van der Waals surface area contributed by atoms with Gasteiger partial charge in [0.05, 0.1) is 7.11 Å². The van der Waals surface area contributed by atoms with Gasteiger partial charge >= 0.3 is 0 Å². The topological polar surface area (TPSA) is 17.4 Å². The highest BCUT2D eigenvalue weighted by Gasteiger charge is 2.14. The van der Waals surface area contributed by atoms with Gasteiger partial charge in [-0.3, -0.25) is 0 Å². The fourth-order valence-corrected chi connectivity index (χ4v) is 2.55. The van der Waals surface area contributed by atoms with Crippen molar-refractivity contribution in [1.82, 2.24) is 9.47 Å². The molecule has 3 heteroatoms. The van der Waals surface area contributed by atoms with Gasteiger partial charge in [-0.1, -0.05) is 0 Å². The van der Waals surface area contributed by atoms with Crippen LogP contribution >= 0.6 is 0 Å². The van der Waals surface area contributed by atoms with Crippen LogP contribution in [-0.4, -0.2) is 30.7 Å². The smallest absolute Gasteiger partial charge is 0.119 e. The predicted molar refractivity (Wildman–Crippen MR) is 76.3 cm³/mol. The third-order valence-electron chi connectivity index (χ3n) is 3.44. The van der Waals surface area contributed by atoms with Crippen LogP contribution < -0.4 is 4.74 Å². The SMILES string of the molecule is CCn1c(CN(C)C)c(C)c2cc(OC)ccc21. The minimum atomic E-state index is 0.926. The van der Waals surface area contributed by atoms with E-state index in [1.54, 1.807) is 7.11 Å². The zero-order valence-corrected chi connectivity index (χ0v) is 11.9. The number of aryl methyl sites for hydroxylation is 2. The number of benzene rings is 1. The number of ether oxygens (including phenoxy) is 1. The Bertz CT molecular complexity index is 555. The van der Waals surface area contributed by atoms with Gasteiger partial charge in [-0.2, -0.15) is 0 Å². The van der Waals surface area contributed by atoms with Crippen LogP contribution in [0.15, 0.2) is 18.2 Å². The van der Waals surface area contributed by atoms with Crippen LogP contribution in [0.5, 0.6) is 5.75 Å². The van der Waals surface area contributed by atoms with Crippen LogP contribution in [0.3, 0.4) is 0 Å². The first kappa shape index (κ1) is 13.0. The molecule has 3 nitrogen and oxygen atoms in total. The summed E-state index contributed by atoms with van der Waals surface area (Å²) in [5.41, 5.74) is 4.05. The van der Waals surface area contributed by atoms with Crippen LogP contribution in [0.2, 0.25) is 0 Å². The molecule has 0 spiro atoms. The molecule has 0 fully saturated rings. The molecule has 1 aromatic heterocycles. The van der Waals surface area contributed by atoms with Crippen LogP contribution in [0, 0.1) is 6.92 Å². The molecule has 0 radical (unpaired) electrons. The third kappa shape index (κ3) is 2.10. The molecule has 0 saturated carbocycles. The second-order valence-corrected chi connectivity index (χ2v) is 4.94. The summed E-state index contributed by atoms with van der Waals surface area (Å²) in [5.74, 6) is 0.926. The minimum absolute atomic E-state index is 0.926. The summed E-state index contributed by atoms with van der Waals surface area (Å²) in [6, 6.07) is 6.33. The van der Waals surface area contributed by atoms with Crippen molar-refractivity contribution in [2.45, 2.75) is 26.9 Å². The van der Waals surface area contributed by atoms with Crippen molar-refractivity contribution in [2.24, 2.45) is 0 Å². The first-order chi connectivity index (χ1) is 8.58. The van der Waals surface area contributed by atoms with Gasteiger partial charge in [-0.05, 0) is 51.7 Å². The number of rotatable bonds is 4. The molecular weight excluding hydrogens is 224 g/mol. The summed E-state index contributed by atoms with van der Waals surface area (Å²) in [4.78, 5) is 2.21. The van der Waals surface area contributed by atoms with Crippen molar-refractivity contribution in [2.75, 3.05) is 21.2 Å². The summed E-state index contributed by atoms with van der Waals surface area (Å²) in [6.07, 6.45) is 0. The van der Waals surface area contributed by atoms with Gasteiger partial charge < -0.3 is 14.2 Å². The second kappa shape index (κ2) is 5.02. The molecule has 0 amide bonds. The largest absolute Gasteiger partial charge is 0.497 e. The van der Waals surface area contributed by atoms with Crippen LogP contribution in [-0.2, 0) is 13.1 Å². The highest BCUT2D eigenvalue weighted by molar-refractivity contribution is 5.86. The number of fused-ring (bicyclic) bond motifs is 1. The molecule has 0 atom stereocenters. The maximum absolute atomic E-state index is 5.32. The van der Waals surface area contributed by atoms with E-state index in [4.69, 9.17) is 4.74 Å². The van der Waals surface area contributed by atoms with E-state index in [1.807, 2.05) is 6.07 Å². The minimum Gasteiger partial charge on any atom is -0.497 e. The van der Waals surface area contributed by atoms with Gasteiger partial charge in [0, 0.05) is 29.7 Å². The average molecular weight is 246 g/mol. The summed E-state index contributed by atoms with van der Waals surface area (Å²) in [7, 11) is 5.93. The lowest BCUT2D eigenvalue weighted by atomic mass is 10.1. The maximum atomic E-state index is 5.32. The highest BCUT2D eigenvalue weighted by atomic mass is 16.5. The van der Waals surface area contributed by atoms with Gasteiger partial charge in [-0.15, -0.1) is 0 Å². The molecule has 0 unspecified atom stereocenters. The Morgan fingerprint density at radius 3 is 2.56 bits per heavy atom. The normalized spacial score (nSPS) is 11.4. The maximum Gasteiger partial charge on any atom is 0.119 e. The van der Waals surface area contributed by atoms with Crippen LogP contribution in [0.1, 0.15) is 18.2 Å². The van der Waals surface area contributed by atoms with E-state index in [0.717, 1.165) is 18.8 Å². The van der Waals surface area contributed by atoms with Crippen LogP contribution in [0.4, 0.5) is 0 Å². The standard InChI is InChI=1S/C15H22N2O/c1-6-17-14-8-7-12(18-5)9-13(14)11(2)15(17)10-16(3)4/h7-9H,6,10H2,1-5H3. The molecule has 2 aromatic rings. The number of hydrogen-bond acceptors (Lipinski definition) is 2. The van der Waals surface area contributed by atoms with Crippen molar-refractivity contribution in [3.8, 4) is 5.75 Å². The first-order valence-electron chi connectivity index (χ1n) is 6.39. The molecule has 0 aliphatic rings. The summed E-state index contributed by atoms with van der Waals surface area (Å²) < 4.78 is 7.71. The van der Waals surface area contributed by atoms with E-state index < -0.39 is 0 Å². The van der Waals surface area contributed by atoms with Crippen molar-refractivity contribution in [1.29, 1.82) is 0 Å². The Morgan fingerprint density at radius 1 is 1.28 bits per heavy atom. The van der Waals surface area contributed by atoms with Crippen LogP contribution in [0.25, 0.3) is 10.9 Å². The molecule has 1 aromatic carbocycles. The monoisotopic (exact) mass is 246 g/mol. The molecule has 0 bridgehead atoms. The lowest BCUT2D eigenvalue weighted by molar-refractivity contribution is 0.388. The predicted octanol–water partition coefficient (Wildman–Crippen LogP) is 3.04.